The highest BCUT2D eigenvalue weighted by atomic mass is 16.1. The van der Waals surface area contributed by atoms with Crippen molar-refractivity contribution in [1.29, 1.82) is 0 Å². The third kappa shape index (κ3) is 5.72. The Morgan fingerprint density at radius 3 is 2.27 bits per heavy atom. The summed E-state index contributed by atoms with van der Waals surface area (Å²) in [7, 11) is 0. The van der Waals surface area contributed by atoms with Crippen LogP contribution in [-0.2, 0) is 9.59 Å². The van der Waals surface area contributed by atoms with E-state index in [-0.39, 0.29) is 16.7 Å². The van der Waals surface area contributed by atoms with Crippen LogP contribution in [0, 0.1) is 34.5 Å². The predicted molar refractivity (Wildman–Crippen MR) is 193 cm³/mol. The van der Waals surface area contributed by atoms with Crippen LogP contribution in [0.1, 0.15) is 97.8 Å². The summed E-state index contributed by atoms with van der Waals surface area (Å²) in [4.78, 5) is 46.2. The van der Waals surface area contributed by atoms with Crippen molar-refractivity contribution in [2.75, 3.05) is 73.6 Å². The normalized spacial score (nSPS) is 35.3. The first-order chi connectivity index (χ1) is 23.2. The summed E-state index contributed by atoms with van der Waals surface area (Å²) in [6.07, 6.45) is 17.2. The topological polar surface area (TPSA) is 72.9 Å². The molecule has 0 aromatic carbocycles. The van der Waals surface area contributed by atoms with Gasteiger partial charge in [0.05, 0.1) is 0 Å². The Kier molecular flexibility index (Phi) is 8.70. The number of piperazine rings is 1. The zero-order chi connectivity index (χ0) is 33.0. The minimum Gasteiger partial charge on any atom is -0.356 e. The second-order valence-electron chi connectivity index (χ2n) is 17.0. The van der Waals surface area contributed by atoms with Crippen LogP contribution < -0.4 is 14.7 Å². The monoisotopic (exact) mass is 654 g/mol. The molecule has 8 rings (SSSR count). The van der Waals surface area contributed by atoms with Gasteiger partial charge in [0.25, 0.3) is 0 Å². The summed E-state index contributed by atoms with van der Waals surface area (Å²) in [5.41, 5.74) is 3.11. The number of hydrogen-bond acceptors (Lipinski definition) is 8. The Balaban J connectivity index is 0.872. The van der Waals surface area contributed by atoms with E-state index in [9.17, 15) is 9.59 Å². The zero-order valence-corrected chi connectivity index (χ0v) is 29.9. The number of aromatic nitrogens is 2. The highest BCUT2D eigenvalue weighted by molar-refractivity contribution is 5.92. The third-order valence-electron chi connectivity index (χ3n) is 14.1. The van der Waals surface area contributed by atoms with E-state index in [2.05, 4.69) is 52.5 Å². The number of Topliss-reactive ketones (excluding diaryl/α,β-unsaturated/α-hetero) is 1. The second-order valence-corrected chi connectivity index (χ2v) is 17.0. The number of nitrogens with zero attached hydrogens (tertiary/aromatic N) is 6. The van der Waals surface area contributed by atoms with E-state index in [4.69, 9.17) is 9.97 Å². The lowest BCUT2D eigenvalue weighted by Gasteiger charge is -2.53. The van der Waals surface area contributed by atoms with Gasteiger partial charge in [0.2, 0.25) is 5.95 Å². The van der Waals surface area contributed by atoms with Crippen LogP contribution in [0.4, 0.5) is 17.6 Å². The summed E-state index contributed by atoms with van der Waals surface area (Å²) < 4.78 is 0. The molecule has 0 N–H and O–H groups in total. The molecule has 2 saturated carbocycles. The number of rotatable bonds is 8. The average molecular weight is 655 g/mol. The summed E-state index contributed by atoms with van der Waals surface area (Å²) in [6.45, 7) is 16.5. The molecule has 1 aromatic rings. The van der Waals surface area contributed by atoms with Gasteiger partial charge in [0.1, 0.15) is 17.4 Å². The van der Waals surface area contributed by atoms with E-state index >= 15 is 0 Å². The summed E-state index contributed by atoms with van der Waals surface area (Å²) in [6, 6.07) is 2.23. The molecule has 0 bridgehead atoms. The lowest BCUT2D eigenvalue weighted by Crippen LogP contribution is -2.47. The molecular formula is C40H58N6O2. The second kappa shape index (κ2) is 12.9. The standard InChI is InChI=1S/C40H58N6O2/c1-28-25-33-31-11-10-29-26-30(47)12-14-39(29,2)32(31)13-15-40(33,3)37(28)34(48)9-8-16-43-21-23-45(24-22-43)36-27-35(44-17-4-5-18-44)41-38(42-36)46-19-6-7-20-46/h13,26-28,31,33,37H,4-12,14-25H2,1-3H3/t28-,31-,33+,37-,39+,40+/m1/s1. The Bertz CT molecular complexity index is 1430. The van der Waals surface area contributed by atoms with Gasteiger partial charge in [-0.3, -0.25) is 14.5 Å². The third-order valence-corrected chi connectivity index (χ3v) is 14.1. The predicted octanol–water partition coefficient (Wildman–Crippen LogP) is 6.46. The quantitative estimate of drug-likeness (QED) is 0.296. The first-order valence-electron chi connectivity index (χ1n) is 19.6. The average Bonchev–Trinajstić information content (AvgIpc) is 3.86. The van der Waals surface area contributed by atoms with Crippen molar-refractivity contribution in [2.24, 2.45) is 34.5 Å². The number of carbonyl (C=O) groups excluding carboxylic acids is 2. The van der Waals surface area contributed by atoms with Crippen LogP contribution in [0.2, 0.25) is 0 Å². The molecule has 8 nitrogen and oxygen atoms in total. The van der Waals surface area contributed by atoms with Gasteiger partial charge in [-0.25, -0.2) is 0 Å². The maximum absolute atomic E-state index is 14.0. The van der Waals surface area contributed by atoms with Crippen molar-refractivity contribution in [3.8, 4) is 0 Å². The van der Waals surface area contributed by atoms with E-state index in [0.717, 1.165) is 109 Å². The minimum atomic E-state index is 0.0628. The molecule has 260 valence electrons. The van der Waals surface area contributed by atoms with E-state index in [1.54, 1.807) is 5.57 Å². The summed E-state index contributed by atoms with van der Waals surface area (Å²) in [5, 5.41) is 0. The number of carbonyl (C=O) groups is 2. The lowest BCUT2D eigenvalue weighted by atomic mass is 9.51. The smallest absolute Gasteiger partial charge is 0.229 e. The van der Waals surface area contributed by atoms with Crippen molar-refractivity contribution in [3.63, 3.8) is 0 Å². The highest BCUT2D eigenvalue weighted by Gasteiger charge is 2.59. The highest BCUT2D eigenvalue weighted by Crippen LogP contribution is 2.65. The van der Waals surface area contributed by atoms with Crippen LogP contribution in [0.3, 0.4) is 0 Å². The first kappa shape index (κ1) is 32.5. The molecule has 48 heavy (non-hydrogen) atoms. The van der Waals surface area contributed by atoms with Crippen LogP contribution in [0.25, 0.3) is 0 Å². The van der Waals surface area contributed by atoms with E-state index < -0.39 is 0 Å². The van der Waals surface area contributed by atoms with Crippen LogP contribution in [0.15, 0.2) is 29.4 Å². The molecule has 0 amide bonds. The van der Waals surface area contributed by atoms with Crippen LogP contribution >= 0.6 is 0 Å². The number of anilines is 3. The molecule has 0 spiro atoms. The molecule has 8 heteroatoms. The fraction of sp³-hybridized carbons (Fsp3) is 0.750. The van der Waals surface area contributed by atoms with Crippen molar-refractivity contribution >= 4 is 29.2 Å². The fourth-order valence-corrected chi connectivity index (χ4v) is 11.5. The summed E-state index contributed by atoms with van der Waals surface area (Å²) >= 11 is 0. The Hall–Kier alpha value is -2.74. The first-order valence-corrected chi connectivity index (χ1v) is 19.6. The number of hydrogen-bond donors (Lipinski definition) is 0. The molecule has 6 atom stereocenters. The number of allylic oxidation sites excluding steroid dienone is 4. The van der Waals surface area contributed by atoms with Crippen molar-refractivity contribution in [1.82, 2.24) is 14.9 Å². The molecule has 1 aromatic heterocycles. The molecular weight excluding hydrogens is 596 g/mol. The van der Waals surface area contributed by atoms with Crippen molar-refractivity contribution < 1.29 is 9.59 Å². The van der Waals surface area contributed by atoms with Gasteiger partial charge in [-0.1, -0.05) is 38.0 Å². The molecule has 3 saturated heterocycles. The Labute approximate surface area is 288 Å². The molecule has 4 heterocycles. The molecule has 7 aliphatic rings. The largest absolute Gasteiger partial charge is 0.356 e. The van der Waals surface area contributed by atoms with Gasteiger partial charge >= 0.3 is 0 Å². The van der Waals surface area contributed by atoms with E-state index in [1.165, 1.54) is 37.7 Å². The maximum Gasteiger partial charge on any atom is 0.229 e. The lowest BCUT2D eigenvalue weighted by molar-refractivity contribution is -0.128. The maximum atomic E-state index is 14.0. The molecule has 0 unspecified atom stereocenters. The fourth-order valence-electron chi connectivity index (χ4n) is 11.5. The zero-order valence-electron chi connectivity index (χ0n) is 29.9. The van der Waals surface area contributed by atoms with Gasteiger partial charge in [-0.05, 0) is 100.0 Å². The van der Waals surface area contributed by atoms with E-state index in [0.29, 0.717) is 42.2 Å². The molecule has 0 radical (unpaired) electrons. The van der Waals surface area contributed by atoms with Gasteiger partial charge in [-0.15, -0.1) is 0 Å². The van der Waals surface area contributed by atoms with Crippen molar-refractivity contribution in [3.05, 3.63) is 29.4 Å². The number of fused-ring (bicyclic) bond motifs is 5. The SMILES string of the molecule is C[C@@H]1C[C@H]2[C@@H]3CCC4=CC(=O)CC[C@]4(C)C3=CC[C@]2(C)[C@H]1C(=O)CCCN1CCN(c2cc(N3CCCC3)nc(N3CCCC3)n2)CC1. The van der Waals surface area contributed by atoms with Crippen molar-refractivity contribution in [2.45, 2.75) is 97.8 Å². The number of ketones is 2. The van der Waals surface area contributed by atoms with Crippen LogP contribution in [-0.4, -0.2) is 85.3 Å². The molecule has 4 aliphatic carbocycles. The van der Waals surface area contributed by atoms with Gasteiger partial charge in [-0.2, -0.15) is 9.97 Å². The van der Waals surface area contributed by atoms with Gasteiger partial charge < -0.3 is 14.7 Å². The summed E-state index contributed by atoms with van der Waals surface area (Å²) in [5.74, 6) is 5.71. The van der Waals surface area contributed by atoms with Gasteiger partial charge in [0.15, 0.2) is 5.78 Å². The van der Waals surface area contributed by atoms with Crippen LogP contribution in [0.5, 0.6) is 0 Å². The minimum absolute atomic E-state index is 0.0628. The van der Waals surface area contributed by atoms with E-state index in [1.807, 2.05) is 6.08 Å². The Morgan fingerprint density at radius 1 is 0.896 bits per heavy atom. The van der Waals surface area contributed by atoms with Gasteiger partial charge in [0, 0.05) is 82.6 Å². The molecule has 5 fully saturated rings. The Morgan fingerprint density at radius 2 is 1.56 bits per heavy atom. The molecule has 3 aliphatic heterocycles.